The van der Waals surface area contributed by atoms with E-state index in [1.54, 1.807) is 7.05 Å². The quantitative estimate of drug-likeness (QED) is 0.448. The lowest BCUT2D eigenvalue weighted by Gasteiger charge is -2.14. The molecule has 2 heterocycles. The zero-order valence-electron chi connectivity index (χ0n) is 17.1. The standard InChI is InChI=1S/C21H21BrN6O2/c1-13-10-15(18-11-14(2)26(3)23-18)8-9-20(13)30-12-16-17(22)6-5-7-19(16)28-21(29)27(4)24-25-28/h5-11H,12H2,1-4H3. The van der Waals surface area contributed by atoms with Gasteiger partial charge in [0.1, 0.15) is 12.4 Å². The molecule has 0 spiro atoms. The van der Waals surface area contributed by atoms with Crippen molar-refractivity contribution in [3.63, 3.8) is 0 Å². The summed E-state index contributed by atoms with van der Waals surface area (Å²) >= 11 is 3.56. The topological polar surface area (TPSA) is 79.8 Å². The molecule has 0 fully saturated rings. The van der Waals surface area contributed by atoms with Gasteiger partial charge in [-0.1, -0.05) is 22.0 Å². The smallest absolute Gasteiger partial charge is 0.368 e. The zero-order valence-corrected chi connectivity index (χ0v) is 18.7. The van der Waals surface area contributed by atoms with Gasteiger partial charge in [-0.05, 0) is 66.2 Å². The van der Waals surface area contributed by atoms with Gasteiger partial charge in [-0.25, -0.2) is 4.79 Å². The Hall–Kier alpha value is -3.20. The number of aryl methyl sites for hydroxylation is 4. The van der Waals surface area contributed by atoms with Gasteiger partial charge in [0, 0.05) is 35.4 Å². The minimum atomic E-state index is -0.319. The molecule has 0 radical (unpaired) electrons. The molecule has 0 N–H and O–H groups in total. The summed E-state index contributed by atoms with van der Waals surface area (Å²) in [5, 5.41) is 12.3. The lowest BCUT2D eigenvalue weighted by molar-refractivity contribution is 0.302. The maximum Gasteiger partial charge on any atom is 0.368 e. The molecule has 2 aromatic carbocycles. The highest BCUT2D eigenvalue weighted by molar-refractivity contribution is 9.10. The fourth-order valence-electron chi connectivity index (χ4n) is 3.18. The van der Waals surface area contributed by atoms with Gasteiger partial charge in [-0.15, -0.1) is 0 Å². The van der Waals surface area contributed by atoms with Crippen molar-refractivity contribution in [2.75, 3.05) is 0 Å². The van der Waals surface area contributed by atoms with Crippen LogP contribution < -0.4 is 10.4 Å². The van der Waals surface area contributed by atoms with E-state index in [2.05, 4.69) is 43.6 Å². The number of hydrogen-bond acceptors (Lipinski definition) is 5. The first-order valence-electron chi connectivity index (χ1n) is 9.36. The van der Waals surface area contributed by atoms with Crippen molar-refractivity contribution in [1.82, 2.24) is 29.6 Å². The molecular weight excluding hydrogens is 448 g/mol. The summed E-state index contributed by atoms with van der Waals surface area (Å²) in [5.41, 5.74) is 5.19. The van der Waals surface area contributed by atoms with Crippen molar-refractivity contribution < 1.29 is 4.74 Å². The molecule has 0 unspecified atom stereocenters. The Kier molecular flexibility index (Phi) is 5.29. The Balaban J connectivity index is 1.61. The Morgan fingerprint density at radius 3 is 2.47 bits per heavy atom. The van der Waals surface area contributed by atoms with Crippen LogP contribution in [-0.4, -0.2) is 29.6 Å². The molecule has 8 nitrogen and oxygen atoms in total. The summed E-state index contributed by atoms with van der Waals surface area (Å²) in [6.07, 6.45) is 0. The number of ether oxygens (including phenoxy) is 1. The molecule has 4 aromatic rings. The van der Waals surface area contributed by atoms with Gasteiger partial charge in [-0.3, -0.25) is 4.68 Å². The van der Waals surface area contributed by atoms with E-state index in [0.717, 1.165) is 38.3 Å². The van der Waals surface area contributed by atoms with Crippen LogP contribution in [0.1, 0.15) is 16.8 Å². The summed E-state index contributed by atoms with van der Waals surface area (Å²) in [5.74, 6) is 0.764. The van der Waals surface area contributed by atoms with E-state index in [-0.39, 0.29) is 12.3 Å². The van der Waals surface area contributed by atoms with Crippen LogP contribution in [0.2, 0.25) is 0 Å². The fraction of sp³-hybridized carbons (Fsp3) is 0.238. The molecule has 0 bridgehead atoms. The normalized spacial score (nSPS) is 11.1. The van der Waals surface area contributed by atoms with E-state index in [9.17, 15) is 4.79 Å². The number of rotatable bonds is 5. The van der Waals surface area contributed by atoms with Crippen molar-refractivity contribution in [1.29, 1.82) is 0 Å². The van der Waals surface area contributed by atoms with Gasteiger partial charge < -0.3 is 4.74 Å². The first-order chi connectivity index (χ1) is 14.3. The van der Waals surface area contributed by atoms with E-state index in [1.165, 1.54) is 9.36 Å². The van der Waals surface area contributed by atoms with Crippen molar-refractivity contribution in [3.05, 3.63) is 74.2 Å². The first kappa shape index (κ1) is 20.1. The Labute approximate surface area is 181 Å². The molecular formula is C21H21BrN6O2. The molecule has 0 aliphatic carbocycles. The fourth-order valence-corrected chi connectivity index (χ4v) is 3.65. The highest BCUT2D eigenvalue weighted by atomic mass is 79.9. The minimum absolute atomic E-state index is 0.267. The molecule has 0 saturated heterocycles. The predicted molar refractivity (Wildman–Crippen MR) is 117 cm³/mol. The van der Waals surface area contributed by atoms with Crippen LogP contribution in [0.25, 0.3) is 16.9 Å². The second-order valence-corrected chi connectivity index (χ2v) is 7.95. The zero-order chi connectivity index (χ0) is 21.4. The number of nitrogens with zero attached hydrogens (tertiary/aromatic N) is 6. The molecule has 2 aromatic heterocycles. The van der Waals surface area contributed by atoms with Gasteiger partial charge in [0.15, 0.2) is 0 Å². The van der Waals surface area contributed by atoms with Crippen LogP contribution in [0.5, 0.6) is 5.75 Å². The second kappa shape index (κ2) is 7.91. The van der Waals surface area contributed by atoms with Crippen LogP contribution in [0, 0.1) is 13.8 Å². The molecule has 0 aliphatic heterocycles. The molecule has 9 heteroatoms. The van der Waals surface area contributed by atoms with Crippen LogP contribution in [-0.2, 0) is 20.7 Å². The van der Waals surface area contributed by atoms with Gasteiger partial charge in [0.05, 0.1) is 11.4 Å². The van der Waals surface area contributed by atoms with Crippen LogP contribution in [0.4, 0.5) is 0 Å². The summed E-state index contributed by atoms with van der Waals surface area (Å²) in [6, 6.07) is 13.6. The molecule has 4 rings (SSSR count). The van der Waals surface area contributed by atoms with Gasteiger partial charge >= 0.3 is 5.69 Å². The summed E-state index contributed by atoms with van der Waals surface area (Å²) in [4.78, 5) is 12.3. The van der Waals surface area contributed by atoms with Gasteiger partial charge in [0.25, 0.3) is 0 Å². The molecule has 30 heavy (non-hydrogen) atoms. The number of aromatic nitrogens is 6. The molecule has 0 saturated carbocycles. The van der Waals surface area contributed by atoms with Crippen molar-refractivity contribution in [3.8, 4) is 22.7 Å². The summed E-state index contributed by atoms with van der Waals surface area (Å²) < 4.78 is 11.2. The highest BCUT2D eigenvalue weighted by Gasteiger charge is 2.15. The van der Waals surface area contributed by atoms with Gasteiger partial charge in [-0.2, -0.15) is 14.5 Å². The molecule has 0 atom stereocenters. The number of halogens is 1. The van der Waals surface area contributed by atoms with E-state index in [4.69, 9.17) is 4.74 Å². The number of hydrogen-bond donors (Lipinski definition) is 0. The van der Waals surface area contributed by atoms with E-state index in [0.29, 0.717) is 5.69 Å². The second-order valence-electron chi connectivity index (χ2n) is 7.10. The van der Waals surface area contributed by atoms with E-state index >= 15 is 0 Å². The Morgan fingerprint density at radius 2 is 1.83 bits per heavy atom. The van der Waals surface area contributed by atoms with Crippen molar-refractivity contribution >= 4 is 15.9 Å². The molecule has 154 valence electrons. The minimum Gasteiger partial charge on any atom is -0.489 e. The Morgan fingerprint density at radius 1 is 1.03 bits per heavy atom. The Bertz CT molecular complexity index is 1270. The number of tetrazole rings is 1. The number of benzene rings is 2. The monoisotopic (exact) mass is 468 g/mol. The van der Waals surface area contributed by atoms with Crippen LogP contribution >= 0.6 is 15.9 Å². The lowest BCUT2D eigenvalue weighted by Crippen LogP contribution is -2.23. The van der Waals surface area contributed by atoms with Crippen molar-refractivity contribution in [2.45, 2.75) is 20.5 Å². The average Bonchev–Trinajstić information content (AvgIpc) is 3.23. The third-order valence-electron chi connectivity index (χ3n) is 5.00. The summed E-state index contributed by atoms with van der Waals surface area (Å²) in [7, 11) is 3.49. The lowest BCUT2D eigenvalue weighted by atomic mass is 10.1. The third kappa shape index (κ3) is 3.68. The average molecular weight is 469 g/mol. The first-order valence-corrected chi connectivity index (χ1v) is 10.2. The SMILES string of the molecule is Cc1cc(-c2cc(C)n(C)n2)ccc1OCc1c(Br)cccc1-n1nnn(C)c1=O. The molecule has 0 amide bonds. The largest absolute Gasteiger partial charge is 0.489 e. The third-order valence-corrected chi connectivity index (χ3v) is 5.74. The maximum absolute atomic E-state index is 12.3. The maximum atomic E-state index is 12.3. The van der Waals surface area contributed by atoms with Crippen LogP contribution in [0.15, 0.2) is 51.7 Å². The van der Waals surface area contributed by atoms with Gasteiger partial charge in [0.2, 0.25) is 0 Å². The van der Waals surface area contributed by atoms with Crippen molar-refractivity contribution in [2.24, 2.45) is 14.1 Å². The van der Waals surface area contributed by atoms with E-state index < -0.39 is 0 Å². The molecule has 0 aliphatic rings. The summed E-state index contributed by atoms with van der Waals surface area (Å²) in [6.45, 7) is 4.30. The highest BCUT2D eigenvalue weighted by Crippen LogP contribution is 2.29. The predicted octanol–water partition coefficient (Wildman–Crippen LogP) is 3.32. The van der Waals surface area contributed by atoms with E-state index in [1.807, 2.05) is 55.9 Å². The van der Waals surface area contributed by atoms with Crippen LogP contribution in [0.3, 0.4) is 0 Å².